The molecular weight excluding hydrogens is 302 g/mol. The number of carbonyl (C=O) groups is 2. The third-order valence-corrected chi connectivity index (χ3v) is 3.49. The maximum absolute atomic E-state index is 12.3. The summed E-state index contributed by atoms with van der Waals surface area (Å²) >= 11 is 0. The van der Waals surface area contributed by atoms with Crippen molar-refractivity contribution < 1.29 is 9.59 Å². The number of nitrogens with zero attached hydrogens (tertiary/aromatic N) is 1. The van der Waals surface area contributed by atoms with Gasteiger partial charge in [-0.2, -0.15) is 5.26 Å². The van der Waals surface area contributed by atoms with Crippen molar-refractivity contribution in [2.75, 3.05) is 5.32 Å². The van der Waals surface area contributed by atoms with Crippen molar-refractivity contribution in [3.8, 4) is 6.07 Å². The van der Waals surface area contributed by atoms with Crippen LogP contribution in [0, 0.1) is 11.3 Å². The van der Waals surface area contributed by atoms with Crippen molar-refractivity contribution in [3.63, 3.8) is 0 Å². The van der Waals surface area contributed by atoms with Gasteiger partial charge in [-0.15, -0.1) is 0 Å². The molecule has 5 nitrogen and oxygen atoms in total. The van der Waals surface area contributed by atoms with Crippen molar-refractivity contribution in [3.05, 3.63) is 65.7 Å². The van der Waals surface area contributed by atoms with Crippen molar-refractivity contribution in [1.82, 2.24) is 5.32 Å². The topological polar surface area (TPSA) is 82.0 Å². The summed E-state index contributed by atoms with van der Waals surface area (Å²) in [6.07, 6.45) is 0.483. The maximum Gasteiger partial charge on any atom is 0.226 e. The van der Waals surface area contributed by atoms with Crippen LogP contribution in [0.5, 0.6) is 0 Å². The number of anilines is 1. The standard InChI is InChI=1S/C19H19N3O2/c1-14(23)21-18(16-5-3-2-4-6-16)13-19(24)22-17-9-7-15(8-10-17)11-12-20/h2-10,18H,11,13H2,1H3,(H,21,23)(H,22,24)/t18-/m1/s1. The fraction of sp³-hybridized carbons (Fsp3) is 0.211. The SMILES string of the molecule is CC(=O)N[C@H](CC(=O)Nc1ccc(CC#N)cc1)c1ccccc1. The Kier molecular flexibility index (Phi) is 6.09. The van der Waals surface area contributed by atoms with Gasteiger partial charge in [0, 0.05) is 12.6 Å². The molecular formula is C19H19N3O2. The molecule has 0 heterocycles. The van der Waals surface area contributed by atoms with Crippen LogP contribution in [-0.2, 0) is 16.0 Å². The van der Waals surface area contributed by atoms with Gasteiger partial charge in [0.05, 0.1) is 25.0 Å². The number of amides is 2. The molecule has 0 fully saturated rings. The van der Waals surface area contributed by atoms with Crippen LogP contribution in [0.25, 0.3) is 0 Å². The van der Waals surface area contributed by atoms with E-state index in [4.69, 9.17) is 5.26 Å². The first kappa shape index (κ1) is 17.2. The van der Waals surface area contributed by atoms with Gasteiger partial charge in [0.2, 0.25) is 11.8 Å². The van der Waals surface area contributed by atoms with E-state index in [2.05, 4.69) is 16.7 Å². The van der Waals surface area contributed by atoms with Crippen LogP contribution < -0.4 is 10.6 Å². The first-order valence-electron chi connectivity index (χ1n) is 7.66. The summed E-state index contributed by atoms with van der Waals surface area (Å²) in [5.74, 6) is -0.372. The van der Waals surface area contributed by atoms with Crippen LogP contribution >= 0.6 is 0 Å². The number of hydrogen-bond donors (Lipinski definition) is 2. The number of hydrogen-bond acceptors (Lipinski definition) is 3. The molecule has 2 amide bonds. The number of nitriles is 1. The fourth-order valence-corrected chi connectivity index (χ4v) is 2.38. The zero-order valence-corrected chi connectivity index (χ0v) is 13.5. The van der Waals surface area contributed by atoms with E-state index in [9.17, 15) is 9.59 Å². The molecule has 24 heavy (non-hydrogen) atoms. The molecule has 5 heteroatoms. The highest BCUT2D eigenvalue weighted by Crippen LogP contribution is 2.18. The van der Waals surface area contributed by atoms with E-state index in [1.54, 1.807) is 24.3 Å². The van der Waals surface area contributed by atoms with Crippen molar-refractivity contribution in [2.24, 2.45) is 0 Å². The van der Waals surface area contributed by atoms with Gasteiger partial charge in [-0.3, -0.25) is 9.59 Å². The van der Waals surface area contributed by atoms with Gasteiger partial charge in [-0.05, 0) is 23.3 Å². The molecule has 0 aromatic heterocycles. The van der Waals surface area contributed by atoms with Gasteiger partial charge in [0.15, 0.2) is 0 Å². The summed E-state index contributed by atoms with van der Waals surface area (Å²) in [6, 6.07) is 18.2. The second kappa shape index (κ2) is 8.49. The number of benzene rings is 2. The molecule has 0 aliphatic rings. The van der Waals surface area contributed by atoms with Gasteiger partial charge in [-0.1, -0.05) is 42.5 Å². The van der Waals surface area contributed by atoms with E-state index in [0.29, 0.717) is 12.1 Å². The Morgan fingerprint density at radius 1 is 1.08 bits per heavy atom. The minimum atomic E-state index is -0.374. The zero-order chi connectivity index (χ0) is 17.4. The minimum Gasteiger partial charge on any atom is -0.349 e. The minimum absolute atomic E-state index is 0.142. The molecule has 0 aliphatic carbocycles. The molecule has 0 saturated carbocycles. The van der Waals surface area contributed by atoms with Crippen LogP contribution in [0.15, 0.2) is 54.6 Å². The third kappa shape index (κ3) is 5.25. The Labute approximate surface area is 141 Å². The third-order valence-electron chi connectivity index (χ3n) is 3.49. The van der Waals surface area contributed by atoms with Crippen LogP contribution in [0.3, 0.4) is 0 Å². The number of rotatable bonds is 6. The second-order valence-electron chi connectivity index (χ2n) is 5.45. The Morgan fingerprint density at radius 2 is 1.75 bits per heavy atom. The normalized spacial score (nSPS) is 11.2. The molecule has 0 unspecified atom stereocenters. The fourth-order valence-electron chi connectivity index (χ4n) is 2.38. The van der Waals surface area contributed by atoms with Crippen molar-refractivity contribution in [1.29, 1.82) is 5.26 Å². The lowest BCUT2D eigenvalue weighted by molar-refractivity contribution is -0.120. The first-order chi connectivity index (χ1) is 11.6. The molecule has 0 saturated heterocycles. The van der Waals surface area contributed by atoms with E-state index < -0.39 is 0 Å². The highest BCUT2D eigenvalue weighted by Gasteiger charge is 2.17. The summed E-state index contributed by atoms with van der Waals surface area (Å²) in [5, 5.41) is 14.3. The summed E-state index contributed by atoms with van der Waals surface area (Å²) in [4.78, 5) is 23.7. The van der Waals surface area contributed by atoms with Crippen LogP contribution in [-0.4, -0.2) is 11.8 Å². The van der Waals surface area contributed by atoms with Gasteiger partial charge in [0.25, 0.3) is 0 Å². The molecule has 122 valence electrons. The average Bonchev–Trinajstić information content (AvgIpc) is 2.57. The Balaban J connectivity index is 2.02. The van der Waals surface area contributed by atoms with E-state index in [-0.39, 0.29) is 24.3 Å². The van der Waals surface area contributed by atoms with Crippen LogP contribution in [0.2, 0.25) is 0 Å². The lowest BCUT2D eigenvalue weighted by Crippen LogP contribution is -2.29. The Morgan fingerprint density at radius 3 is 2.33 bits per heavy atom. The number of nitrogens with one attached hydrogen (secondary N) is 2. The van der Waals surface area contributed by atoms with Gasteiger partial charge < -0.3 is 10.6 Å². The van der Waals surface area contributed by atoms with Crippen LogP contribution in [0.1, 0.15) is 30.5 Å². The van der Waals surface area contributed by atoms with E-state index in [0.717, 1.165) is 11.1 Å². The summed E-state index contributed by atoms with van der Waals surface area (Å²) in [6.45, 7) is 1.43. The lowest BCUT2D eigenvalue weighted by Gasteiger charge is -2.18. The first-order valence-corrected chi connectivity index (χ1v) is 7.66. The number of carbonyl (C=O) groups excluding carboxylic acids is 2. The van der Waals surface area contributed by atoms with Gasteiger partial charge in [0.1, 0.15) is 0 Å². The Bertz CT molecular complexity index is 733. The highest BCUT2D eigenvalue weighted by molar-refractivity contribution is 5.91. The summed E-state index contributed by atoms with van der Waals surface area (Å²) in [5.41, 5.74) is 2.44. The largest absolute Gasteiger partial charge is 0.349 e. The predicted octanol–water partition coefficient (Wildman–Crippen LogP) is 2.96. The quantitative estimate of drug-likeness (QED) is 0.858. The van der Waals surface area contributed by atoms with Crippen molar-refractivity contribution in [2.45, 2.75) is 25.8 Å². The average molecular weight is 321 g/mol. The monoisotopic (exact) mass is 321 g/mol. The Hall–Kier alpha value is -3.13. The summed E-state index contributed by atoms with van der Waals surface area (Å²) in [7, 11) is 0. The molecule has 0 bridgehead atoms. The molecule has 2 aromatic rings. The van der Waals surface area contributed by atoms with E-state index in [1.165, 1.54) is 6.92 Å². The zero-order valence-electron chi connectivity index (χ0n) is 13.5. The molecule has 0 aliphatic heterocycles. The smallest absolute Gasteiger partial charge is 0.226 e. The lowest BCUT2D eigenvalue weighted by atomic mass is 10.0. The molecule has 0 radical (unpaired) electrons. The highest BCUT2D eigenvalue weighted by atomic mass is 16.2. The predicted molar refractivity (Wildman–Crippen MR) is 92.0 cm³/mol. The molecule has 2 N–H and O–H groups in total. The van der Waals surface area contributed by atoms with Crippen LogP contribution in [0.4, 0.5) is 5.69 Å². The molecule has 1 atom stereocenters. The summed E-state index contributed by atoms with van der Waals surface area (Å²) < 4.78 is 0. The maximum atomic E-state index is 12.3. The molecule has 2 aromatic carbocycles. The molecule has 0 spiro atoms. The van der Waals surface area contributed by atoms with Gasteiger partial charge >= 0.3 is 0 Å². The van der Waals surface area contributed by atoms with Crippen molar-refractivity contribution >= 4 is 17.5 Å². The van der Waals surface area contributed by atoms with E-state index in [1.807, 2.05) is 30.3 Å². The molecule has 2 rings (SSSR count). The second-order valence-corrected chi connectivity index (χ2v) is 5.45. The van der Waals surface area contributed by atoms with E-state index >= 15 is 0 Å². The van der Waals surface area contributed by atoms with Gasteiger partial charge in [-0.25, -0.2) is 0 Å².